The van der Waals surface area contributed by atoms with Crippen molar-refractivity contribution in [1.29, 1.82) is 0 Å². The highest BCUT2D eigenvalue weighted by Gasteiger charge is 2.19. The Bertz CT molecular complexity index is 1330. The van der Waals surface area contributed by atoms with Gasteiger partial charge in [0.05, 0.1) is 0 Å². The van der Waals surface area contributed by atoms with Crippen molar-refractivity contribution in [3.63, 3.8) is 0 Å². The summed E-state index contributed by atoms with van der Waals surface area (Å²) in [5, 5.41) is 0. The lowest BCUT2D eigenvalue weighted by molar-refractivity contribution is -0.167. The first-order chi connectivity index (χ1) is 34.0. The van der Waals surface area contributed by atoms with E-state index in [1.54, 1.807) is 0 Å². The van der Waals surface area contributed by atoms with Crippen LogP contribution in [-0.4, -0.2) is 37.2 Å². The number of allylic oxidation sites excluding steroid dienone is 14. The predicted octanol–water partition coefficient (Wildman–Crippen LogP) is 19.5. The molecule has 0 heterocycles. The van der Waals surface area contributed by atoms with Gasteiger partial charge in [-0.1, -0.05) is 228 Å². The Labute approximate surface area is 426 Å². The fourth-order valence-corrected chi connectivity index (χ4v) is 7.99. The summed E-state index contributed by atoms with van der Waals surface area (Å²) in [6.45, 7) is 6.48. The first-order valence-electron chi connectivity index (χ1n) is 29.1. The highest BCUT2D eigenvalue weighted by Crippen LogP contribution is 2.15. The van der Waals surface area contributed by atoms with Crippen molar-refractivity contribution in [2.45, 2.75) is 284 Å². The Morgan fingerprint density at radius 3 is 0.928 bits per heavy atom. The van der Waals surface area contributed by atoms with Gasteiger partial charge in [-0.15, -0.1) is 0 Å². The van der Waals surface area contributed by atoms with Crippen LogP contribution in [0.2, 0.25) is 0 Å². The zero-order valence-electron chi connectivity index (χ0n) is 45.3. The molecule has 0 aromatic heterocycles. The van der Waals surface area contributed by atoms with Crippen molar-refractivity contribution < 1.29 is 28.6 Å². The second-order valence-electron chi connectivity index (χ2n) is 19.2. The zero-order valence-corrected chi connectivity index (χ0v) is 45.3. The quantitative estimate of drug-likeness (QED) is 0.0262. The van der Waals surface area contributed by atoms with E-state index in [1.165, 1.54) is 128 Å². The molecule has 0 N–H and O–H groups in total. The predicted molar refractivity (Wildman–Crippen MR) is 297 cm³/mol. The van der Waals surface area contributed by atoms with Gasteiger partial charge < -0.3 is 14.2 Å². The lowest BCUT2D eigenvalue weighted by Crippen LogP contribution is -2.30. The molecule has 0 saturated carbocycles. The molecule has 6 nitrogen and oxygen atoms in total. The minimum atomic E-state index is -0.795. The van der Waals surface area contributed by atoms with Gasteiger partial charge in [-0.2, -0.15) is 0 Å². The number of carbonyl (C=O) groups excluding carboxylic acids is 3. The molecule has 396 valence electrons. The Kier molecular flexibility index (Phi) is 54.3. The van der Waals surface area contributed by atoms with Gasteiger partial charge in [-0.05, 0) is 116 Å². The van der Waals surface area contributed by atoms with Crippen molar-refractivity contribution in [3.05, 3.63) is 85.1 Å². The molecule has 1 unspecified atom stereocenters. The lowest BCUT2D eigenvalue weighted by Gasteiger charge is -2.18. The average molecular weight is 962 g/mol. The molecule has 0 bridgehead atoms. The molecule has 0 aliphatic heterocycles. The molecule has 0 saturated heterocycles. The van der Waals surface area contributed by atoms with Crippen molar-refractivity contribution in [2.24, 2.45) is 0 Å². The molecule has 0 amide bonds. The molecular formula is C63H108O6. The largest absolute Gasteiger partial charge is 0.462 e. The smallest absolute Gasteiger partial charge is 0.306 e. The Hall–Kier alpha value is -3.41. The van der Waals surface area contributed by atoms with E-state index in [1.807, 2.05) is 0 Å². The molecule has 69 heavy (non-hydrogen) atoms. The van der Waals surface area contributed by atoms with E-state index in [4.69, 9.17) is 14.2 Å². The molecule has 6 heteroatoms. The minimum Gasteiger partial charge on any atom is -0.462 e. The van der Waals surface area contributed by atoms with Crippen LogP contribution in [0.5, 0.6) is 0 Å². The van der Waals surface area contributed by atoms with Gasteiger partial charge in [-0.3, -0.25) is 14.4 Å². The monoisotopic (exact) mass is 961 g/mol. The third-order valence-electron chi connectivity index (χ3n) is 12.4. The maximum Gasteiger partial charge on any atom is 0.306 e. The molecule has 1 atom stereocenters. The molecule has 0 aliphatic carbocycles. The Morgan fingerprint density at radius 2 is 0.565 bits per heavy atom. The van der Waals surface area contributed by atoms with Crippen molar-refractivity contribution in [2.75, 3.05) is 13.2 Å². The number of esters is 3. The van der Waals surface area contributed by atoms with Gasteiger partial charge in [0.15, 0.2) is 6.10 Å². The first-order valence-corrected chi connectivity index (χ1v) is 29.1. The Morgan fingerprint density at radius 1 is 0.304 bits per heavy atom. The molecule has 0 radical (unpaired) electrons. The van der Waals surface area contributed by atoms with Crippen LogP contribution in [-0.2, 0) is 28.6 Å². The minimum absolute atomic E-state index is 0.0912. The van der Waals surface area contributed by atoms with E-state index in [0.717, 1.165) is 109 Å². The van der Waals surface area contributed by atoms with Gasteiger partial charge in [-0.25, -0.2) is 0 Å². The average Bonchev–Trinajstić information content (AvgIpc) is 3.35. The lowest BCUT2D eigenvalue weighted by atomic mass is 10.1. The highest BCUT2D eigenvalue weighted by molar-refractivity contribution is 5.71. The Balaban J connectivity index is 4.43. The SMILES string of the molecule is CC/C=C\C/C=C\C/C=C\C/C=C\CCCCCCC(=O)OC(COC(=O)CCCCCCC/C=C\CCCCCCCC)COC(=O)CCCCCCCCCCC/C=C\C/C=C\CCCCC. The number of rotatable bonds is 52. The molecular weight excluding hydrogens is 853 g/mol. The van der Waals surface area contributed by atoms with Crippen LogP contribution >= 0.6 is 0 Å². The van der Waals surface area contributed by atoms with Crippen LogP contribution in [0.1, 0.15) is 278 Å². The maximum atomic E-state index is 12.9. The molecule has 0 fully saturated rings. The second-order valence-corrected chi connectivity index (χ2v) is 19.2. The summed E-state index contributed by atoms with van der Waals surface area (Å²) in [6.07, 6.45) is 74.2. The van der Waals surface area contributed by atoms with Crippen LogP contribution in [0, 0.1) is 0 Å². The summed E-state index contributed by atoms with van der Waals surface area (Å²) in [5.41, 5.74) is 0. The fourth-order valence-electron chi connectivity index (χ4n) is 7.99. The summed E-state index contributed by atoms with van der Waals surface area (Å²) in [6, 6.07) is 0. The maximum absolute atomic E-state index is 12.9. The fraction of sp³-hybridized carbons (Fsp3) is 0.730. The summed E-state index contributed by atoms with van der Waals surface area (Å²) in [4.78, 5) is 38.2. The highest BCUT2D eigenvalue weighted by atomic mass is 16.6. The second kappa shape index (κ2) is 57.2. The zero-order chi connectivity index (χ0) is 50.0. The molecule has 0 aromatic carbocycles. The van der Waals surface area contributed by atoms with E-state index in [2.05, 4.69) is 106 Å². The van der Waals surface area contributed by atoms with Gasteiger partial charge in [0.1, 0.15) is 13.2 Å². The number of hydrogen-bond donors (Lipinski definition) is 0. The van der Waals surface area contributed by atoms with Gasteiger partial charge >= 0.3 is 17.9 Å². The van der Waals surface area contributed by atoms with Gasteiger partial charge in [0, 0.05) is 19.3 Å². The standard InChI is InChI=1S/C63H108O6/c1-4-7-10-13-16-19-22-25-28-30-31-33-35-38-41-44-47-50-53-56-62(65)68-59-60(58-67-61(64)55-52-49-46-43-40-37-34-27-24-21-18-15-12-9-6-3)69-63(66)57-54-51-48-45-42-39-36-32-29-26-23-20-17-14-11-8-5-2/h8,11,16-17,19-20,25-29,34,36,39,60H,4-7,9-10,12-15,18,21-24,30-33,35,37-38,40-59H2,1-3H3/b11-8-,19-16-,20-17-,28-25-,29-26-,34-27-,39-36-. The third-order valence-corrected chi connectivity index (χ3v) is 12.4. The summed E-state index contributed by atoms with van der Waals surface area (Å²) >= 11 is 0. The van der Waals surface area contributed by atoms with Crippen LogP contribution in [0.4, 0.5) is 0 Å². The number of carbonyl (C=O) groups is 3. The molecule has 0 aliphatic rings. The van der Waals surface area contributed by atoms with E-state index in [9.17, 15) is 14.4 Å². The summed E-state index contributed by atoms with van der Waals surface area (Å²) < 4.78 is 16.9. The molecule has 0 rings (SSSR count). The summed E-state index contributed by atoms with van der Waals surface area (Å²) in [7, 11) is 0. The third kappa shape index (κ3) is 55.4. The van der Waals surface area contributed by atoms with E-state index < -0.39 is 6.10 Å². The number of hydrogen-bond acceptors (Lipinski definition) is 6. The van der Waals surface area contributed by atoms with Gasteiger partial charge in [0.25, 0.3) is 0 Å². The molecule has 0 aromatic rings. The van der Waals surface area contributed by atoms with E-state index in [0.29, 0.717) is 19.3 Å². The van der Waals surface area contributed by atoms with Crippen LogP contribution < -0.4 is 0 Å². The topological polar surface area (TPSA) is 78.9 Å². The first kappa shape index (κ1) is 65.6. The van der Waals surface area contributed by atoms with Crippen LogP contribution in [0.25, 0.3) is 0 Å². The number of ether oxygens (including phenoxy) is 3. The van der Waals surface area contributed by atoms with Crippen LogP contribution in [0.3, 0.4) is 0 Å². The molecule has 0 spiro atoms. The van der Waals surface area contributed by atoms with E-state index in [-0.39, 0.29) is 31.1 Å². The normalized spacial score (nSPS) is 12.7. The van der Waals surface area contributed by atoms with Crippen molar-refractivity contribution in [3.8, 4) is 0 Å². The van der Waals surface area contributed by atoms with Crippen molar-refractivity contribution >= 4 is 17.9 Å². The van der Waals surface area contributed by atoms with Crippen molar-refractivity contribution in [1.82, 2.24) is 0 Å². The van der Waals surface area contributed by atoms with Gasteiger partial charge in [0.2, 0.25) is 0 Å². The van der Waals surface area contributed by atoms with E-state index >= 15 is 0 Å². The number of unbranched alkanes of at least 4 members (excludes halogenated alkanes) is 27. The van der Waals surface area contributed by atoms with Crippen LogP contribution in [0.15, 0.2) is 85.1 Å². The summed E-state index contributed by atoms with van der Waals surface area (Å²) in [5.74, 6) is -0.921.